The third-order valence-corrected chi connectivity index (χ3v) is 11.7. The average molecular weight is 692 g/mol. The Morgan fingerprint density at radius 1 is 0.396 bits per heavy atom. The Bertz CT molecular complexity index is 3010. The van der Waals surface area contributed by atoms with Gasteiger partial charge in [0.15, 0.2) is 5.82 Å². The molecule has 0 fully saturated rings. The fraction of sp³-hybridized carbons (Fsp3) is 0. The van der Waals surface area contributed by atoms with Crippen LogP contribution in [-0.4, -0.2) is 15.0 Å². The van der Waals surface area contributed by atoms with E-state index in [-0.39, 0.29) is 0 Å². The number of nitrogens with zero attached hydrogens (tertiary/aromatic N) is 3. The summed E-state index contributed by atoms with van der Waals surface area (Å²) in [6.07, 6.45) is 1.84. The minimum absolute atomic E-state index is 0.714. The molecule has 53 heavy (non-hydrogen) atoms. The Morgan fingerprint density at radius 2 is 1.06 bits per heavy atom. The summed E-state index contributed by atoms with van der Waals surface area (Å²) in [6.45, 7) is 0. The first-order valence-corrected chi connectivity index (χ1v) is 18.7. The van der Waals surface area contributed by atoms with Crippen molar-refractivity contribution in [3.05, 3.63) is 176 Å². The fourth-order valence-electron chi connectivity index (χ4n) is 8.02. The van der Waals surface area contributed by atoms with Crippen molar-refractivity contribution < 1.29 is 0 Å². The van der Waals surface area contributed by atoms with Crippen molar-refractivity contribution in [3.63, 3.8) is 0 Å². The number of aromatic nitrogens is 3. The highest BCUT2D eigenvalue weighted by Gasteiger charge is 2.23. The molecule has 3 nitrogen and oxygen atoms in total. The van der Waals surface area contributed by atoms with Gasteiger partial charge in [0.1, 0.15) is 0 Å². The molecule has 0 atom stereocenters. The van der Waals surface area contributed by atoms with Crippen LogP contribution in [0.2, 0.25) is 0 Å². The lowest BCUT2D eigenvalue weighted by molar-refractivity contribution is 1.24. The van der Waals surface area contributed by atoms with Crippen LogP contribution < -0.4 is 0 Å². The van der Waals surface area contributed by atoms with Gasteiger partial charge in [0.2, 0.25) is 0 Å². The molecular weight excluding hydrogens is 663 g/mol. The van der Waals surface area contributed by atoms with E-state index in [9.17, 15) is 0 Å². The highest BCUT2D eigenvalue weighted by atomic mass is 32.1. The van der Waals surface area contributed by atoms with E-state index < -0.39 is 0 Å². The van der Waals surface area contributed by atoms with Crippen LogP contribution in [0.3, 0.4) is 0 Å². The van der Waals surface area contributed by atoms with Crippen LogP contribution in [0.25, 0.3) is 109 Å². The number of fused-ring (bicyclic) bond motifs is 6. The van der Waals surface area contributed by atoms with Crippen LogP contribution in [0, 0.1) is 0 Å². The standard InChI is InChI=1S/C49H29N3S/c1-2-11-32(12-3-1)46-48-47(42-15-6-7-19-44(42)53-48)52-49(51-46)35-28-33(30-20-22-31(23-21-30)43-18-8-9-26-50-43)27-34(29-35)36-24-25-41-38-14-5-4-13-37(38)40-17-10-16-39(36)45(40)41/h1-29H. The highest BCUT2D eigenvalue weighted by molar-refractivity contribution is 7.26. The van der Waals surface area contributed by atoms with Gasteiger partial charge in [-0.3, -0.25) is 4.98 Å². The summed E-state index contributed by atoms with van der Waals surface area (Å²) in [4.78, 5) is 15.3. The van der Waals surface area contributed by atoms with E-state index in [4.69, 9.17) is 9.97 Å². The molecule has 3 aromatic heterocycles. The molecule has 11 rings (SSSR count). The van der Waals surface area contributed by atoms with Crippen molar-refractivity contribution in [2.75, 3.05) is 0 Å². The monoisotopic (exact) mass is 691 g/mol. The third kappa shape index (κ3) is 4.84. The first kappa shape index (κ1) is 29.9. The molecule has 0 aliphatic heterocycles. The number of rotatable bonds is 5. The molecule has 4 heteroatoms. The first-order chi connectivity index (χ1) is 26.3. The Kier molecular flexibility index (Phi) is 6.73. The van der Waals surface area contributed by atoms with Crippen LogP contribution in [0.1, 0.15) is 0 Å². The summed E-state index contributed by atoms with van der Waals surface area (Å²) in [6, 6.07) is 60.7. The molecule has 0 bridgehead atoms. The Balaban J connectivity index is 1.16. The zero-order chi connectivity index (χ0) is 34.9. The molecule has 0 saturated heterocycles. The van der Waals surface area contributed by atoms with Crippen LogP contribution in [-0.2, 0) is 0 Å². The summed E-state index contributed by atoms with van der Waals surface area (Å²) in [5.41, 5.74) is 15.8. The lowest BCUT2D eigenvalue weighted by Gasteiger charge is -2.14. The third-order valence-electron chi connectivity index (χ3n) is 10.5. The van der Waals surface area contributed by atoms with Crippen LogP contribution in [0.5, 0.6) is 0 Å². The van der Waals surface area contributed by atoms with Crippen molar-refractivity contribution in [3.8, 4) is 78.4 Å². The van der Waals surface area contributed by atoms with Crippen LogP contribution in [0.15, 0.2) is 176 Å². The molecule has 0 saturated carbocycles. The summed E-state index contributed by atoms with van der Waals surface area (Å²) >= 11 is 1.76. The van der Waals surface area contributed by atoms with Crippen molar-refractivity contribution in [2.45, 2.75) is 0 Å². The Hall–Kier alpha value is -6.75. The zero-order valence-corrected chi connectivity index (χ0v) is 29.3. The number of pyridine rings is 1. The minimum atomic E-state index is 0.714. The van der Waals surface area contributed by atoms with Crippen molar-refractivity contribution in [2.24, 2.45) is 0 Å². The predicted octanol–water partition coefficient (Wildman–Crippen LogP) is 13.4. The van der Waals surface area contributed by atoms with Crippen LogP contribution >= 0.6 is 11.3 Å². The van der Waals surface area contributed by atoms with Crippen molar-refractivity contribution in [1.82, 2.24) is 15.0 Å². The molecule has 1 aliphatic rings. The largest absolute Gasteiger partial charge is 0.256 e. The molecule has 3 heterocycles. The second-order valence-corrected chi connectivity index (χ2v) is 14.6. The van der Waals surface area contributed by atoms with E-state index in [1.807, 2.05) is 24.4 Å². The maximum atomic E-state index is 5.38. The molecule has 10 aromatic rings. The molecule has 7 aromatic carbocycles. The van der Waals surface area contributed by atoms with Crippen LogP contribution in [0.4, 0.5) is 0 Å². The minimum Gasteiger partial charge on any atom is -0.256 e. The van der Waals surface area contributed by atoms with E-state index in [0.29, 0.717) is 5.82 Å². The number of thiophene rings is 1. The van der Waals surface area contributed by atoms with E-state index in [1.165, 1.54) is 43.3 Å². The molecule has 1 aliphatic carbocycles. The number of hydrogen-bond acceptors (Lipinski definition) is 4. The van der Waals surface area contributed by atoms with Gasteiger partial charge >= 0.3 is 0 Å². The maximum absolute atomic E-state index is 5.38. The summed E-state index contributed by atoms with van der Waals surface area (Å²) in [5.74, 6) is 0.714. The van der Waals surface area contributed by atoms with Gasteiger partial charge in [-0.2, -0.15) is 0 Å². The van der Waals surface area contributed by atoms with Gasteiger partial charge in [-0.05, 0) is 91.7 Å². The van der Waals surface area contributed by atoms with Gasteiger partial charge in [0, 0.05) is 33.0 Å². The highest BCUT2D eigenvalue weighted by Crippen LogP contribution is 2.50. The van der Waals surface area contributed by atoms with E-state index >= 15 is 0 Å². The molecular formula is C49H29N3S. The van der Waals surface area contributed by atoms with E-state index in [1.54, 1.807) is 11.3 Å². The SMILES string of the molecule is c1ccc(-c2nc(-c3cc(-c4ccc(-c5ccccn5)cc4)cc(-c4ccc5c6c(cccc46)-c4ccccc4-5)c3)nc3c2sc2ccccc23)cc1. The molecule has 0 N–H and O–H groups in total. The van der Waals surface area contributed by atoms with Gasteiger partial charge < -0.3 is 0 Å². The summed E-state index contributed by atoms with van der Waals surface area (Å²) < 4.78 is 2.32. The smallest absolute Gasteiger partial charge is 0.160 e. The fourth-order valence-corrected chi connectivity index (χ4v) is 9.17. The molecule has 0 unspecified atom stereocenters. The summed E-state index contributed by atoms with van der Waals surface area (Å²) in [7, 11) is 0. The van der Waals surface area contributed by atoms with Gasteiger partial charge in [-0.1, -0.05) is 133 Å². The quantitative estimate of drug-likeness (QED) is 0.180. The second-order valence-electron chi connectivity index (χ2n) is 13.6. The van der Waals surface area contributed by atoms with E-state index in [0.717, 1.165) is 60.4 Å². The topological polar surface area (TPSA) is 38.7 Å². The number of hydrogen-bond donors (Lipinski definition) is 0. The Morgan fingerprint density at radius 3 is 1.89 bits per heavy atom. The van der Waals surface area contributed by atoms with Gasteiger partial charge in [0.25, 0.3) is 0 Å². The molecule has 0 radical (unpaired) electrons. The lowest BCUT2D eigenvalue weighted by Crippen LogP contribution is -1.95. The molecule has 0 amide bonds. The van der Waals surface area contributed by atoms with Gasteiger partial charge in [-0.25, -0.2) is 9.97 Å². The van der Waals surface area contributed by atoms with E-state index in [2.05, 4.69) is 157 Å². The average Bonchev–Trinajstić information content (AvgIpc) is 3.78. The maximum Gasteiger partial charge on any atom is 0.160 e. The van der Waals surface area contributed by atoms with Crippen molar-refractivity contribution in [1.29, 1.82) is 0 Å². The molecule has 0 spiro atoms. The predicted molar refractivity (Wildman–Crippen MR) is 222 cm³/mol. The zero-order valence-electron chi connectivity index (χ0n) is 28.5. The molecule has 246 valence electrons. The number of benzene rings is 7. The normalized spacial score (nSPS) is 11.8. The second kappa shape index (κ2) is 11.9. The Labute approximate surface area is 310 Å². The van der Waals surface area contributed by atoms with Gasteiger partial charge in [0.05, 0.1) is 21.6 Å². The van der Waals surface area contributed by atoms with Gasteiger partial charge in [-0.15, -0.1) is 11.3 Å². The summed E-state index contributed by atoms with van der Waals surface area (Å²) in [5, 5.41) is 3.71. The van der Waals surface area contributed by atoms with Crippen molar-refractivity contribution >= 4 is 42.4 Å². The lowest BCUT2D eigenvalue weighted by atomic mass is 9.91. The first-order valence-electron chi connectivity index (χ1n) is 17.8.